The second-order valence-electron chi connectivity index (χ2n) is 5.00. The van der Waals surface area contributed by atoms with E-state index in [1.165, 1.54) is 4.90 Å². The van der Waals surface area contributed by atoms with E-state index in [-0.39, 0.29) is 18.0 Å². The fourth-order valence-corrected chi connectivity index (χ4v) is 3.47. The summed E-state index contributed by atoms with van der Waals surface area (Å²) in [5.41, 5.74) is 0.823. The number of hydrogen-bond donors (Lipinski definition) is 0. The van der Waals surface area contributed by atoms with Gasteiger partial charge in [0.25, 0.3) is 5.91 Å². The monoisotopic (exact) mass is 279 g/mol. The Morgan fingerprint density at radius 3 is 2.95 bits per heavy atom. The van der Waals surface area contributed by atoms with Crippen LogP contribution in [0.1, 0.15) is 36.9 Å². The van der Waals surface area contributed by atoms with Gasteiger partial charge in [0, 0.05) is 11.9 Å². The maximum Gasteiger partial charge on any atom is 0.327 e. The van der Waals surface area contributed by atoms with Crippen LogP contribution in [0.3, 0.4) is 0 Å². The fraction of sp³-hybridized carbons (Fsp3) is 0.615. The molecule has 1 aromatic rings. The van der Waals surface area contributed by atoms with Crippen molar-refractivity contribution < 1.29 is 9.59 Å². The highest BCUT2D eigenvalue weighted by Crippen LogP contribution is 2.27. The van der Waals surface area contributed by atoms with Crippen LogP contribution in [-0.2, 0) is 17.8 Å². The standard InChI is InChI=1S/C13H17N3O2S/c1-2-11-14-9(8-19-11)7-16-12(17)10-5-3-4-6-15(10)13(16)18/h8,10H,2-7H2,1H3/t10-/m0/s1. The van der Waals surface area contributed by atoms with Gasteiger partial charge in [0.15, 0.2) is 0 Å². The topological polar surface area (TPSA) is 53.5 Å². The lowest BCUT2D eigenvalue weighted by molar-refractivity contribution is -0.129. The van der Waals surface area contributed by atoms with Crippen molar-refractivity contribution in [3.63, 3.8) is 0 Å². The molecule has 0 unspecified atom stereocenters. The van der Waals surface area contributed by atoms with E-state index in [1.807, 2.05) is 5.38 Å². The number of carbonyl (C=O) groups excluding carboxylic acids is 2. The van der Waals surface area contributed by atoms with Gasteiger partial charge in [-0.2, -0.15) is 0 Å². The van der Waals surface area contributed by atoms with Crippen molar-refractivity contribution in [3.8, 4) is 0 Å². The molecule has 0 spiro atoms. The van der Waals surface area contributed by atoms with Gasteiger partial charge in [-0.05, 0) is 25.7 Å². The zero-order chi connectivity index (χ0) is 13.4. The molecule has 1 atom stereocenters. The van der Waals surface area contributed by atoms with E-state index in [9.17, 15) is 9.59 Å². The number of aromatic nitrogens is 1. The number of hydrogen-bond acceptors (Lipinski definition) is 4. The summed E-state index contributed by atoms with van der Waals surface area (Å²) in [5, 5.41) is 2.99. The lowest BCUT2D eigenvalue weighted by atomic mass is 10.0. The number of amides is 3. The minimum atomic E-state index is -0.217. The number of urea groups is 1. The molecule has 0 N–H and O–H groups in total. The molecule has 3 amide bonds. The van der Waals surface area contributed by atoms with Crippen LogP contribution in [0.15, 0.2) is 5.38 Å². The van der Waals surface area contributed by atoms with Gasteiger partial charge in [-0.3, -0.25) is 9.69 Å². The highest BCUT2D eigenvalue weighted by Gasteiger charge is 2.45. The highest BCUT2D eigenvalue weighted by molar-refractivity contribution is 7.09. The molecule has 0 bridgehead atoms. The Balaban J connectivity index is 1.77. The van der Waals surface area contributed by atoms with E-state index in [2.05, 4.69) is 11.9 Å². The summed E-state index contributed by atoms with van der Waals surface area (Å²) in [7, 11) is 0. The maximum atomic E-state index is 12.3. The van der Waals surface area contributed by atoms with Crippen LogP contribution >= 0.6 is 11.3 Å². The van der Waals surface area contributed by atoms with Crippen LogP contribution in [-0.4, -0.2) is 39.3 Å². The van der Waals surface area contributed by atoms with E-state index >= 15 is 0 Å². The van der Waals surface area contributed by atoms with Crippen LogP contribution in [0.4, 0.5) is 4.79 Å². The van der Waals surface area contributed by atoms with Gasteiger partial charge >= 0.3 is 6.03 Å². The Labute approximate surface area is 116 Å². The summed E-state index contributed by atoms with van der Waals surface area (Å²) >= 11 is 1.59. The Kier molecular flexibility index (Phi) is 3.26. The third-order valence-electron chi connectivity index (χ3n) is 3.75. The maximum absolute atomic E-state index is 12.3. The molecule has 2 fully saturated rings. The molecular formula is C13H17N3O2S. The van der Waals surface area contributed by atoms with E-state index in [4.69, 9.17) is 0 Å². The number of imide groups is 1. The molecule has 0 radical (unpaired) electrons. The van der Waals surface area contributed by atoms with Crippen LogP contribution in [0.25, 0.3) is 0 Å². The predicted molar refractivity (Wildman–Crippen MR) is 71.8 cm³/mol. The first-order valence-corrected chi connectivity index (χ1v) is 7.64. The largest absolute Gasteiger partial charge is 0.327 e. The fourth-order valence-electron chi connectivity index (χ4n) is 2.74. The molecule has 3 rings (SSSR count). The summed E-state index contributed by atoms with van der Waals surface area (Å²) in [4.78, 5) is 32.0. The number of thiazole rings is 1. The highest BCUT2D eigenvalue weighted by atomic mass is 32.1. The first kappa shape index (κ1) is 12.6. The number of piperidine rings is 1. The third-order valence-corrected chi connectivity index (χ3v) is 4.79. The molecule has 5 nitrogen and oxygen atoms in total. The first-order valence-electron chi connectivity index (χ1n) is 6.76. The number of fused-ring (bicyclic) bond motifs is 1. The van der Waals surface area contributed by atoms with Crippen LogP contribution in [0.2, 0.25) is 0 Å². The average Bonchev–Trinajstić information content (AvgIpc) is 2.99. The Morgan fingerprint density at radius 1 is 1.42 bits per heavy atom. The van der Waals surface area contributed by atoms with Gasteiger partial charge in [-0.1, -0.05) is 6.92 Å². The molecular weight excluding hydrogens is 262 g/mol. The minimum Gasteiger partial charge on any atom is -0.312 e. The molecule has 1 aromatic heterocycles. The van der Waals surface area contributed by atoms with Crippen molar-refractivity contribution in [1.29, 1.82) is 0 Å². The molecule has 6 heteroatoms. The van der Waals surface area contributed by atoms with Crippen LogP contribution in [0.5, 0.6) is 0 Å². The lowest BCUT2D eigenvalue weighted by Gasteiger charge is -2.26. The zero-order valence-electron chi connectivity index (χ0n) is 11.0. The molecule has 2 aliphatic rings. The second kappa shape index (κ2) is 4.92. The molecule has 0 aromatic carbocycles. The quantitative estimate of drug-likeness (QED) is 0.795. The smallest absolute Gasteiger partial charge is 0.312 e. The molecule has 2 aliphatic heterocycles. The molecule has 102 valence electrons. The summed E-state index contributed by atoms with van der Waals surface area (Å²) in [6.45, 7) is 3.08. The minimum absolute atomic E-state index is 0.0456. The molecule has 3 heterocycles. The summed E-state index contributed by atoms with van der Waals surface area (Å²) in [5.74, 6) is -0.0456. The molecule has 0 saturated carbocycles. The van der Waals surface area contributed by atoms with Crippen molar-refractivity contribution in [2.45, 2.75) is 45.2 Å². The van der Waals surface area contributed by atoms with E-state index in [1.54, 1.807) is 16.2 Å². The predicted octanol–water partition coefficient (Wildman–Crippen LogP) is 2.02. The lowest BCUT2D eigenvalue weighted by Crippen LogP contribution is -2.38. The summed E-state index contributed by atoms with van der Waals surface area (Å²) in [6.07, 6.45) is 3.73. The Morgan fingerprint density at radius 2 is 2.26 bits per heavy atom. The van der Waals surface area contributed by atoms with Crippen molar-refractivity contribution in [2.75, 3.05) is 6.54 Å². The van der Waals surface area contributed by atoms with Crippen molar-refractivity contribution in [1.82, 2.24) is 14.8 Å². The van der Waals surface area contributed by atoms with Crippen molar-refractivity contribution in [2.24, 2.45) is 0 Å². The van der Waals surface area contributed by atoms with Gasteiger partial charge in [-0.15, -0.1) is 11.3 Å². The van der Waals surface area contributed by atoms with E-state index in [0.29, 0.717) is 13.1 Å². The molecule has 2 saturated heterocycles. The SMILES string of the molecule is CCc1nc(CN2C(=O)[C@@H]3CCCCN3C2=O)cs1. The first-order chi connectivity index (χ1) is 9.20. The second-order valence-corrected chi connectivity index (χ2v) is 5.94. The van der Waals surface area contributed by atoms with Crippen molar-refractivity contribution in [3.05, 3.63) is 16.1 Å². The Bertz CT molecular complexity index is 490. The van der Waals surface area contributed by atoms with Gasteiger partial charge in [0.05, 0.1) is 17.2 Å². The van der Waals surface area contributed by atoms with Crippen LogP contribution < -0.4 is 0 Å². The third kappa shape index (κ3) is 2.14. The number of nitrogens with zero attached hydrogens (tertiary/aromatic N) is 3. The van der Waals surface area contributed by atoms with Gasteiger partial charge in [-0.25, -0.2) is 9.78 Å². The normalized spacial score (nSPS) is 23.1. The van der Waals surface area contributed by atoms with Gasteiger partial charge in [0.1, 0.15) is 6.04 Å². The number of aryl methyl sites for hydroxylation is 1. The average molecular weight is 279 g/mol. The van der Waals surface area contributed by atoms with E-state index < -0.39 is 0 Å². The summed E-state index contributed by atoms with van der Waals surface area (Å²) < 4.78 is 0. The van der Waals surface area contributed by atoms with E-state index in [0.717, 1.165) is 36.4 Å². The van der Waals surface area contributed by atoms with Crippen molar-refractivity contribution >= 4 is 23.3 Å². The number of rotatable bonds is 3. The van der Waals surface area contributed by atoms with Gasteiger partial charge in [0.2, 0.25) is 0 Å². The molecule has 19 heavy (non-hydrogen) atoms. The van der Waals surface area contributed by atoms with Gasteiger partial charge < -0.3 is 4.90 Å². The molecule has 0 aliphatic carbocycles. The number of carbonyl (C=O) groups is 2. The Hall–Kier alpha value is -1.43. The van der Waals surface area contributed by atoms with Crippen LogP contribution in [0, 0.1) is 0 Å². The summed E-state index contributed by atoms with van der Waals surface area (Å²) in [6, 6.07) is -0.355. The zero-order valence-corrected chi connectivity index (χ0v) is 11.8.